The van der Waals surface area contributed by atoms with Crippen molar-refractivity contribution in [3.8, 4) is 5.75 Å². The third-order valence-electron chi connectivity index (χ3n) is 3.41. The Labute approximate surface area is 141 Å². The summed E-state index contributed by atoms with van der Waals surface area (Å²) in [5.41, 5.74) is 0.456. The van der Waals surface area contributed by atoms with Gasteiger partial charge >= 0.3 is 0 Å². The normalized spacial score (nSPS) is 13.4. The van der Waals surface area contributed by atoms with Gasteiger partial charge in [-0.2, -0.15) is 0 Å². The fourth-order valence-electron chi connectivity index (χ4n) is 2.27. The Morgan fingerprint density at radius 1 is 0.957 bits per heavy atom. The first kappa shape index (κ1) is 15.8. The molecule has 0 saturated carbocycles. The number of hydrogen-bond acceptors (Lipinski definition) is 3. The predicted octanol–water partition coefficient (Wildman–Crippen LogP) is 3.81. The number of carbonyl (C=O) groups excluding carboxylic acids is 2. The van der Waals surface area contributed by atoms with Crippen molar-refractivity contribution in [3.05, 3.63) is 63.4 Å². The molecule has 1 heterocycles. The molecule has 2 aromatic carbocycles. The highest BCUT2D eigenvalue weighted by molar-refractivity contribution is 6.43. The van der Waals surface area contributed by atoms with Gasteiger partial charge < -0.3 is 4.74 Å². The Hall–Kier alpha value is -2.11. The number of hydrogen-bond donors (Lipinski definition) is 0. The molecule has 3 rings (SSSR count). The van der Waals surface area contributed by atoms with Crippen LogP contribution in [0.1, 0.15) is 20.7 Å². The zero-order valence-corrected chi connectivity index (χ0v) is 13.2. The minimum Gasteiger partial charge on any atom is -0.492 e. The standard InChI is InChI=1S/C16H10Cl2FNO3/c17-13-7-11-12(8-14(13)18)16(22)20(15(11)21)5-6-23-10-3-1-9(19)2-4-10/h1-4,7-8H,5-6H2. The molecule has 0 fully saturated rings. The largest absolute Gasteiger partial charge is 0.492 e. The smallest absolute Gasteiger partial charge is 0.261 e. The molecule has 1 aliphatic heterocycles. The van der Waals surface area contributed by atoms with Crippen molar-refractivity contribution in [1.82, 2.24) is 4.90 Å². The molecule has 2 aromatic rings. The third kappa shape index (κ3) is 3.02. The lowest BCUT2D eigenvalue weighted by atomic mass is 10.1. The maximum atomic E-state index is 12.8. The lowest BCUT2D eigenvalue weighted by Crippen LogP contribution is -2.33. The molecule has 23 heavy (non-hydrogen) atoms. The molecule has 0 spiro atoms. The summed E-state index contributed by atoms with van der Waals surface area (Å²) in [6.45, 7) is 0.164. The van der Waals surface area contributed by atoms with Gasteiger partial charge in [-0.25, -0.2) is 4.39 Å². The Kier molecular flexibility index (Phi) is 4.24. The van der Waals surface area contributed by atoms with Gasteiger partial charge in [-0.1, -0.05) is 23.2 Å². The summed E-state index contributed by atoms with van der Waals surface area (Å²) in [6.07, 6.45) is 0. The van der Waals surface area contributed by atoms with Crippen LogP contribution < -0.4 is 4.74 Å². The van der Waals surface area contributed by atoms with E-state index in [1.807, 2.05) is 0 Å². The van der Waals surface area contributed by atoms with E-state index in [1.54, 1.807) is 0 Å². The Morgan fingerprint density at radius 3 is 2.00 bits per heavy atom. The number of ether oxygens (including phenoxy) is 1. The van der Waals surface area contributed by atoms with Crippen LogP contribution >= 0.6 is 23.2 Å². The molecule has 0 atom stereocenters. The van der Waals surface area contributed by atoms with Crippen LogP contribution in [0.5, 0.6) is 5.75 Å². The number of benzene rings is 2. The van der Waals surface area contributed by atoms with Gasteiger partial charge in [-0.05, 0) is 36.4 Å². The molecule has 4 nitrogen and oxygen atoms in total. The highest BCUT2D eigenvalue weighted by atomic mass is 35.5. The predicted molar refractivity (Wildman–Crippen MR) is 83.7 cm³/mol. The summed E-state index contributed by atoms with van der Waals surface area (Å²) in [5.74, 6) is -0.793. The number of halogens is 3. The first-order chi connectivity index (χ1) is 11.0. The van der Waals surface area contributed by atoms with Crippen LogP contribution in [0.4, 0.5) is 4.39 Å². The van der Waals surface area contributed by atoms with Crippen LogP contribution in [-0.2, 0) is 0 Å². The topological polar surface area (TPSA) is 46.6 Å². The number of rotatable bonds is 4. The Bertz CT molecular complexity index is 752. The molecule has 0 aromatic heterocycles. The monoisotopic (exact) mass is 353 g/mol. The SMILES string of the molecule is O=C1c2cc(Cl)c(Cl)cc2C(=O)N1CCOc1ccc(F)cc1. The van der Waals surface area contributed by atoms with Gasteiger partial charge in [-0.15, -0.1) is 0 Å². The van der Waals surface area contributed by atoms with E-state index in [4.69, 9.17) is 27.9 Å². The van der Waals surface area contributed by atoms with Crippen molar-refractivity contribution >= 4 is 35.0 Å². The molecule has 0 unspecified atom stereocenters. The van der Waals surface area contributed by atoms with E-state index in [-0.39, 0.29) is 40.1 Å². The molecule has 0 saturated heterocycles. The quantitative estimate of drug-likeness (QED) is 0.785. The number of carbonyl (C=O) groups is 2. The van der Waals surface area contributed by atoms with E-state index in [9.17, 15) is 14.0 Å². The van der Waals surface area contributed by atoms with Crippen LogP contribution in [0, 0.1) is 5.82 Å². The second-order valence-corrected chi connectivity index (χ2v) is 5.69. The first-order valence-electron chi connectivity index (χ1n) is 6.71. The van der Waals surface area contributed by atoms with E-state index >= 15 is 0 Å². The number of amides is 2. The number of nitrogens with zero attached hydrogens (tertiary/aromatic N) is 1. The minimum atomic E-state index is -0.439. The fourth-order valence-corrected chi connectivity index (χ4v) is 2.60. The van der Waals surface area contributed by atoms with Crippen molar-refractivity contribution in [2.75, 3.05) is 13.2 Å². The molecule has 118 valence electrons. The molecular weight excluding hydrogens is 344 g/mol. The van der Waals surface area contributed by atoms with Crippen LogP contribution in [0.15, 0.2) is 36.4 Å². The third-order valence-corrected chi connectivity index (χ3v) is 4.13. The number of imide groups is 1. The van der Waals surface area contributed by atoms with E-state index in [1.165, 1.54) is 36.4 Å². The van der Waals surface area contributed by atoms with Crippen LogP contribution in [0.25, 0.3) is 0 Å². The van der Waals surface area contributed by atoms with Gasteiger partial charge in [0.2, 0.25) is 0 Å². The molecular formula is C16H10Cl2FNO3. The zero-order chi connectivity index (χ0) is 16.6. The summed E-state index contributed by atoms with van der Waals surface area (Å²) in [7, 11) is 0. The summed E-state index contributed by atoms with van der Waals surface area (Å²) in [6, 6.07) is 8.25. The van der Waals surface area contributed by atoms with Crippen molar-refractivity contribution in [1.29, 1.82) is 0 Å². The average Bonchev–Trinajstić information content (AvgIpc) is 2.75. The fraction of sp³-hybridized carbons (Fsp3) is 0.125. The van der Waals surface area contributed by atoms with Crippen LogP contribution in [0.2, 0.25) is 10.0 Å². The van der Waals surface area contributed by atoms with Gasteiger partial charge in [-0.3, -0.25) is 14.5 Å². The molecule has 7 heteroatoms. The minimum absolute atomic E-state index is 0.0684. The van der Waals surface area contributed by atoms with Crippen molar-refractivity contribution < 1.29 is 18.7 Å². The summed E-state index contributed by atoms with van der Waals surface area (Å²) < 4.78 is 18.2. The van der Waals surface area contributed by atoms with E-state index < -0.39 is 11.8 Å². The lowest BCUT2D eigenvalue weighted by Gasteiger charge is -2.14. The molecule has 0 radical (unpaired) electrons. The maximum absolute atomic E-state index is 12.8. The highest BCUT2D eigenvalue weighted by Gasteiger charge is 2.36. The molecule has 0 N–H and O–H groups in total. The van der Waals surface area contributed by atoms with E-state index in [0.717, 1.165) is 4.90 Å². The summed E-state index contributed by atoms with van der Waals surface area (Å²) >= 11 is 11.8. The Morgan fingerprint density at radius 2 is 1.48 bits per heavy atom. The van der Waals surface area contributed by atoms with Gasteiger partial charge in [0, 0.05) is 0 Å². The number of fused-ring (bicyclic) bond motifs is 1. The van der Waals surface area contributed by atoms with Gasteiger partial charge in [0.15, 0.2) is 0 Å². The summed E-state index contributed by atoms with van der Waals surface area (Å²) in [5, 5.41) is 0.437. The first-order valence-corrected chi connectivity index (χ1v) is 7.46. The Balaban J connectivity index is 1.69. The van der Waals surface area contributed by atoms with Crippen LogP contribution in [0.3, 0.4) is 0 Å². The van der Waals surface area contributed by atoms with Crippen molar-refractivity contribution in [2.45, 2.75) is 0 Å². The lowest BCUT2D eigenvalue weighted by molar-refractivity contribution is 0.0631. The highest BCUT2D eigenvalue weighted by Crippen LogP contribution is 2.31. The van der Waals surface area contributed by atoms with Crippen LogP contribution in [-0.4, -0.2) is 29.9 Å². The molecule has 1 aliphatic rings. The zero-order valence-electron chi connectivity index (χ0n) is 11.7. The maximum Gasteiger partial charge on any atom is 0.261 e. The van der Waals surface area contributed by atoms with E-state index in [2.05, 4.69) is 0 Å². The van der Waals surface area contributed by atoms with Crippen molar-refractivity contribution in [2.24, 2.45) is 0 Å². The van der Waals surface area contributed by atoms with Gasteiger partial charge in [0.25, 0.3) is 11.8 Å². The summed E-state index contributed by atoms with van der Waals surface area (Å²) in [4.78, 5) is 25.6. The molecule has 0 bridgehead atoms. The van der Waals surface area contributed by atoms with Gasteiger partial charge in [0.05, 0.1) is 27.7 Å². The second-order valence-electron chi connectivity index (χ2n) is 4.88. The molecule has 0 aliphatic carbocycles. The van der Waals surface area contributed by atoms with E-state index in [0.29, 0.717) is 5.75 Å². The molecule has 2 amide bonds. The second kappa shape index (κ2) is 6.18. The van der Waals surface area contributed by atoms with Crippen molar-refractivity contribution in [3.63, 3.8) is 0 Å². The average molecular weight is 354 g/mol. The van der Waals surface area contributed by atoms with Gasteiger partial charge in [0.1, 0.15) is 18.2 Å².